The van der Waals surface area contributed by atoms with E-state index < -0.39 is 24.3 Å². The normalized spacial score (nSPS) is 28.7. The molecule has 2 heterocycles. The van der Waals surface area contributed by atoms with Crippen LogP contribution in [0.5, 0.6) is 11.5 Å². The number of aliphatic hydroxyl groups is 1. The number of nitrogens with two attached hydrogens (primary N) is 3. The van der Waals surface area contributed by atoms with Crippen LogP contribution in [0.4, 0.5) is 4.79 Å². The summed E-state index contributed by atoms with van der Waals surface area (Å²) in [5, 5.41) is 10.9. The Morgan fingerprint density at radius 2 is 2.10 bits per heavy atom. The number of aliphatic hydroxyl groups excluding tert-OH is 1. The fourth-order valence-electron chi connectivity index (χ4n) is 6.93. The lowest BCUT2D eigenvalue weighted by Gasteiger charge is -2.56. The number of Topliss-reactive ketones (excluding diaryl/α,β-unsaturated/α-hetero) is 1. The largest absolute Gasteiger partial charge is 0.482 e. The molecule has 39 heavy (non-hydrogen) atoms. The lowest BCUT2D eigenvalue weighted by molar-refractivity contribution is -0.120. The highest BCUT2D eigenvalue weighted by Gasteiger charge is 2.64. The maximum absolute atomic E-state index is 13.0. The summed E-state index contributed by atoms with van der Waals surface area (Å²) >= 11 is 0. The monoisotopic (exact) mass is 540 g/mol. The number of hydrogen-bond donors (Lipinski definition) is 4. The van der Waals surface area contributed by atoms with Crippen LogP contribution >= 0.6 is 0 Å². The van der Waals surface area contributed by atoms with Crippen molar-refractivity contribution in [3.8, 4) is 11.5 Å². The molecule has 11 heteroatoms. The number of rotatable bonds is 10. The molecule has 2 aliphatic carbocycles. The molecule has 5 rings (SSSR count). The Bertz CT molecular complexity index is 1180. The molecule has 0 radical (unpaired) electrons. The number of nitrogens with zero attached hydrogens (tertiary/aromatic N) is 3. The van der Waals surface area contributed by atoms with Gasteiger partial charge in [-0.2, -0.15) is 0 Å². The number of likely N-dealkylation sites (tertiary alicyclic amines) is 1. The molecular formula is C28H40N6O5. The van der Waals surface area contributed by atoms with Crippen molar-refractivity contribution in [3.63, 3.8) is 0 Å². The third-order valence-corrected chi connectivity index (χ3v) is 8.94. The van der Waals surface area contributed by atoms with Crippen molar-refractivity contribution < 1.29 is 24.2 Å². The van der Waals surface area contributed by atoms with Crippen molar-refractivity contribution in [2.24, 2.45) is 28.1 Å². The Hall–Kier alpha value is -3.15. The molecular weight excluding hydrogens is 500 g/mol. The number of aliphatic imine (C=N–C) groups is 1. The van der Waals surface area contributed by atoms with E-state index >= 15 is 0 Å². The molecule has 1 aromatic rings. The standard InChI is InChI=1S/C28H40N6O5/c1-33-14-11-28-17-8-9-21(36)25(28)39-24-22(10-7-16(23(24)28)15-19(17)33)38-27(37)34(2)13-4-6-20(35)18(29)5-3-12-32-26(30)31/h7-10,17-19,21,25,36H,3-6,11-15,29H2,1-2H3,(H4,30,31,32)/t17?,18-,19+,21?,25-,28-/m0/s1. The number of carbonyl (C=O) groups is 2. The van der Waals surface area contributed by atoms with Crippen molar-refractivity contribution in [2.75, 3.05) is 33.7 Å². The van der Waals surface area contributed by atoms with E-state index in [1.165, 1.54) is 10.5 Å². The van der Waals surface area contributed by atoms with Gasteiger partial charge in [0.1, 0.15) is 18.0 Å². The van der Waals surface area contributed by atoms with Gasteiger partial charge in [-0.3, -0.25) is 9.79 Å². The smallest absolute Gasteiger partial charge is 0.415 e. The molecule has 1 amide bonds. The molecule has 1 aromatic carbocycles. The van der Waals surface area contributed by atoms with Crippen LogP contribution in [0.15, 0.2) is 29.3 Å². The van der Waals surface area contributed by atoms with Gasteiger partial charge in [0.25, 0.3) is 0 Å². The Kier molecular flexibility index (Phi) is 7.58. The second-order valence-electron chi connectivity index (χ2n) is 11.3. The van der Waals surface area contributed by atoms with Gasteiger partial charge in [-0.05, 0) is 57.3 Å². The van der Waals surface area contributed by atoms with Crippen LogP contribution in [0.3, 0.4) is 0 Å². The van der Waals surface area contributed by atoms with Gasteiger partial charge in [0, 0.05) is 49.5 Å². The molecule has 212 valence electrons. The summed E-state index contributed by atoms with van der Waals surface area (Å²) < 4.78 is 12.3. The molecule has 1 spiro atoms. The van der Waals surface area contributed by atoms with Crippen LogP contribution in [-0.2, 0) is 16.6 Å². The second kappa shape index (κ2) is 10.8. The number of benzene rings is 1. The molecule has 0 saturated carbocycles. The third kappa shape index (κ3) is 4.87. The predicted octanol–water partition coefficient (Wildman–Crippen LogP) is 0.653. The summed E-state index contributed by atoms with van der Waals surface area (Å²) in [6, 6.07) is 3.61. The number of ether oxygens (including phenoxy) is 2. The predicted molar refractivity (Wildman–Crippen MR) is 147 cm³/mol. The van der Waals surface area contributed by atoms with E-state index in [4.69, 9.17) is 26.7 Å². The minimum absolute atomic E-state index is 0.0211. The first kappa shape index (κ1) is 27.4. The number of ketones is 1. The maximum atomic E-state index is 13.0. The van der Waals surface area contributed by atoms with Crippen molar-refractivity contribution in [3.05, 3.63) is 35.4 Å². The molecule has 4 aliphatic rings. The summed E-state index contributed by atoms with van der Waals surface area (Å²) in [6.45, 7) is 1.70. The van der Waals surface area contributed by atoms with E-state index in [1.807, 2.05) is 12.1 Å². The number of piperidine rings is 1. The topological polar surface area (TPSA) is 170 Å². The summed E-state index contributed by atoms with van der Waals surface area (Å²) in [5.74, 6) is 1.15. The second-order valence-corrected chi connectivity index (χ2v) is 11.3. The number of hydrogen-bond acceptors (Lipinski definition) is 8. The fraction of sp³-hybridized carbons (Fsp3) is 0.607. The van der Waals surface area contributed by atoms with Crippen molar-refractivity contribution in [2.45, 2.75) is 68.2 Å². The van der Waals surface area contributed by atoms with Crippen molar-refractivity contribution in [1.82, 2.24) is 9.80 Å². The highest BCUT2D eigenvalue weighted by atomic mass is 16.6. The van der Waals surface area contributed by atoms with E-state index in [-0.39, 0.29) is 29.5 Å². The summed E-state index contributed by atoms with van der Waals surface area (Å²) in [5.41, 5.74) is 18.6. The molecule has 2 bridgehead atoms. The highest BCUT2D eigenvalue weighted by Crippen LogP contribution is 2.62. The molecule has 7 N–H and O–H groups in total. The molecule has 1 saturated heterocycles. The van der Waals surface area contributed by atoms with Gasteiger partial charge < -0.3 is 41.6 Å². The first-order valence-electron chi connectivity index (χ1n) is 13.8. The minimum Gasteiger partial charge on any atom is -0.482 e. The molecule has 1 fully saturated rings. The zero-order valence-corrected chi connectivity index (χ0v) is 22.7. The summed E-state index contributed by atoms with van der Waals surface area (Å²) in [4.78, 5) is 33.1. The Labute approximate surface area is 229 Å². The third-order valence-electron chi connectivity index (χ3n) is 8.94. The summed E-state index contributed by atoms with van der Waals surface area (Å²) in [7, 11) is 3.81. The Morgan fingerprint density at radius 1 is 1.31 bits per heavy atom. The van der Waals surface area contributed by atoms with Crippen molar-refractivity contribution >= 4 is 17.8 Å². The lowest BCUT2D eigenvalue weighted by atomic mass is 9.53. The van der Waals surface area contributed by atoms with E-state index in [2.05, 4.69) is 23.0 Å². The zero-order valence-electron chi connectivity index (χ0n) is 22.7. The van der Waals surface area contributed by atoms with Crippen LogP contribution in [0.2, 0.25) is 0 Å². The highest BCUT2D eigenvalue weighted by molar-refractivity contribution is 5.83. The van der Waals surface area contributed by atoms with Gasteiger partial charge >= 0.3 is 6.09 Å². The number of carbonyl (C=O) groups excluding carboxylic acids is 2. The van der Waals surface area contributed by atoms with Crippen LogP contribution in [0.1, 0.15) is 43.2 Å². The van der Waals surface area contributed by atoms with Crippen LogP contribution in [0, 0.1) is 5.92 Å². The number of guanidine groups is 1. The molecule has 2 unspecified atom stereocenters. The van der Waals surface area contributed by atoms with E-state index in [1.54, 1.807) is 13.1 Å². The Morgan fingerprint density at radius 3 is 2.87 bits per heavy atom. The van der Waals surface area contributed by atoms with E-state index in [0.717, 1.165) is 24.9 Å². The lowest BCUT2D eigenvalue weighted by Crippen LogP contribution is -2.64. The molecule has 11 nitrogen and oxygen atoms in total. The zero-order chi connectivity index (χ0) is 27.9. The average molecular weight is 541 g/mol. The minimum atomic E-state index is -0.717. The van der Waals surface area contributed by atoms with Gasteiger partial charge in [0.2, 0.25) is 0 Å². The fourth-order valence-corrected chi connectivity index (χ4v) is 6.93. The van der Waals surface area contributed by atoms with Gasteiger partial charge in [-0.15, -0.1) is 0 Å². The first-order valence-corrected chi connectivity index (χ1v) is 13.8. The van der Waals surface area contributed by atoms with Gasteiger partial charge in [-0.25, -0.2) is 4.79 Å². The van der Waals surface area contributed by atoms with Gasteiger partial charge in [-0.1, -0.05) is 18.2 Å². The van der Waals surface area contributed by atoms with Crippen LogP contribution in [0.25, 0.3) is 0 Å². The van der Waals surface area contributed by atoms with E-state index in [0.29, 0.717) is 49.9 Å². The Balaban J connectivity index is 1.21. The van der Waals surface area contributed by atoms with Gasteiger partial charge in [0.15, 0.2) is 17.5 Å². The quantitative estimate of drug-likeness (QED) is 0.144. The summed E-state index contributed by atoms with van der Waals surface area (Å²) in [6.07, 6.45) is 5.99. The molecule has 6 atom stereocenters. The van der Waals surface area contributed by atoms with E-state index in [9.17, 15) is 14.7 Å². The van der Waals surface area contributed by atoms with Crippen LogP contribution in [-0.4, -0.2) is 90.8 Å². The molecule has 0 aromatic heterocycles. The average Bonchev–Trinajstić information content (AvgIpc) is 3.26. The number of amides is 1. The SMILES string of the molecule is CN(CCCC(=O)[C@@H](N)CCCN=C(N)N)C(=O)Oc1ccc2c3c1O[C@H]1C(O)C=CC4[C@@H](C2)N(C)CC[C@@]341. The maximum Gasteiger partial charge on any atom is 0.415 e. The van der Waals surface area contributed by atoms with Crippen LogP contribution < -0.4 is 26.7 Å². The first-order chi connectivity index (χ1) is 18.6. The van der Waals surface area contributed by atoms with Gasteiger partial charge in [0.05, 0.1) is 6.04 Å². The number of likely N-dealkylation sites (N-methyl/N-ethyl adjacent to an activating group) is 1. The van der Waals surface area contributed by atoms with Crippen molar-refractivity contribution in [1.29, 1.82) is 0 Å². The molecule has 2 aliphatic heterocycles.